The van der Waals surface area contributed by atoms with Crippen LogP contribution >= 0.6 is 0 Å². The van der Waals surface area contributed by atoms with Gasteiger partial charge in [0.05, 0.1) is 6.54 Å². The van der Waals surface area contributed by atoms with Crippen molar-refractivity contribution in [3.8, 4) is 5.75 Å². The number of rotatable bonds is 6. The quantitative estimate of drug-likeness (QED) is 0.698. The zero-order chi connectivity index (χ0) is 18.0. The van der Waals surface area contributed by atoms with Crippen LogP contribution in [0.5, 0.6) is 5.75 Å². The largest absolute Gasteiger partial charge is 0.491 e. The molecule has 1 aromatic heterocycles. The van der Waals surface area contributed by atoms with E-state index in [1.54, 1.807) is 12.1 Å². The maximum absolute atomic E-state index is 12.9. The van der Waals surface area contributed by atoms with Crippen molar-refractivity contribution in [3.05, 3.63) is 59.7 Å². The standard InChI is InChI=1S/C20H24FN2O2/c1-4-22-13-23(20-10-15(3)14(2)9-19(20)22)11-17(24)12-25-18-7-5-16(21)6-8-18/h5-10,13,17,24H,4,11-12H2,1-3H3/q+1. The minimum absolute atomic E-state index is 0.155. The zero-order valence-electron chi connectivity index (χ0n) is 14.9. The van der Waals surface area contributed by atoms with E-state index in [4.69, 9.17) is 4.74 Å². The van der Waals surface area contributed by atoms with E-state index in [1.807, 2.05) is 6.33 Å². The molecule has 1 N–H and O–H groups in total. The van der Waals surface area contributed by atoms with Crippen LogP contribution in [-0.2, 0) is 13.1 Å². The molecule has 0 aliphatic rings. The maximum Gasteiger partial charge on any atom is 0.244 e. The Morgan fingerprint density at radius 3 is 2.52 bits per heavy atom. The lowest BCUT2D eigenvalue weighted by Crippen LogP contribution is -2.41. The first kappa shape index (κ1) is 17.4. The number of ether oxygens (including phenoxy) is 1. The number of benzene rings is 2. The number of hydrogen-bond acceptors (Lipinski definition) is 2. The van der Waals surface area contributed by atoms with Gasteiger partial charge in [0.2, 0.25) is 6.33 Å². The molecule has 3 aromatic rings. The summed E-state index contributed by atoms with van der Waals surface area (Å²) in [6.07, 6.45) is 1.37. The van der Waals surface area contributed by atoms with E-state index in [9.17, 15) is 9.50 Å². The van der Waals surface area contributed by atoms with Gasteiger partial charge in [-0.25, -0.2) is 13.5 Å². The smallest absolute Gasteiger partial charge is 0.244 e. The van der Waals surface area contributed by atoms with E-state index >= 15 is 0 Å². The van der Waals surface area contributed by atoms with Gasteiger partial charge in [0.1, 0.15) is 30.8 Å². The third-order valence-corrected chi connectivity index (χ3v) is 4.49. The highest BCUT2D eigenvalue weighted by Gasteiger charge is 2.19. The van der Waals surface area contributed by atoms with Gasteiger partial charge >= 0.3 is 0 Å². The number of aryl methyl sites for hydroxylation is 3. The minimum Gasteiger partial charge on any atom is -0.491 e. The molecular formula is C20H24FN2O2+. The van der Waals surface area contributed by atoms with E-state index < -0.39 is 6.10 Å². The van der Waals surface area contributed by atoms with Crippen LogP contribution in [0.4, 0.5) is 4.39 Å². The summed E-state index contributed by atoms with van der Waals surface area (Å²) < 4.78 is 22.7. The lowest BCUT2D eigenvalue weighted by molar-refractivity contribution is -0.679. The Bertz CT molecular complexity index is 872. The summed E-state index contributed by atoms with van der Waals surface area (Å²) in [5, 5.41) is 10.4. The molecule has 1 unspecified atom stereocenters. The van der Waals surface area contributed by atoms with E-state index in [1.165, 1.54) is 23.3 Å². The zero-order valence-corrected chi connectivity index (χ0v) is 14.9. The highest BCUT2D eigenvalue weighted by atomic mass is 19.1. The summed E-state index contributed by atoms with van der Waals surface area (Å²) in [5.41, 5.74) is 4.75. The van der Waals surface area contributed by atoms with Gasteiger partial charge in [-0.2, -0.15) is 0 Å². The number of nitrogens with zero attached hydrogens (tertiary/aromatic N) is 2. The summed E-state index contributed by atoms with van der Waals surface area (Å²) in [6.45, 7) is 7.77. The number of halogens is 1. The van der Waals surface area contributed by atoms with Crippen LogP contribution in [-0.4, -0.2) is 22.4 Å². The van der Waals surface area contributed by atoms with E-state index in [0.29, 0.717) is 12.3 Å². The molecule has 25 heavy (non-hydrogen) atoms. The second kappa shape index (κ2) is 7.23. The summed E-state index contributed by atoms with van der Waals surface area (Å²) in [7, 11) is 0. The van der Waals surface area contributed by atoms with Crippen LogP contribution in [0.3, 0.4) is 0 Å². The van der Waals surface area contributed by atoms with Crippen molar-refractivity contribution in [3.63, 3.8) is 0 Å². The molecule has 0 bridgehead atoms. The second-order valence-electron chi connectivity index (χ2n) is 6.40. The highest BCUT2D eigenvalue weighted by molar-refractivity contribution is 5.74. The van der Waals surface area contributed by atoms with Crippen molar-refractivity contribution in [1.29, 1.82) is 0 Å². The molecule has 0 fully saturated rings. The summed E-state index contributed by atoms with van der Waals surface area (Å²) in [5.74, 6) is 0.245. The SMILES string of the molecule is CCn1c[n+](CC(O)COc2ccc(F)cc2)c2cc(C)c(C)cc21. The van der Waals surface area contributed by atoms with Gasteiger partial charge in [0.15, 0.2) is 11.0 Å². The number of aromatic nitrogens is 2. The maximum atomic E-state index is 12.9. The molecule has 1 atom stereocenters. The third kappa shape index (κ3) is 3.82. The molecular weight excluding hydrogens is 319 g/mol. The Kier molecular flexibility index (Phi) is 5.04. The van der Waals surface area contributed by atoms with Crippen LogP contribution in [0.1, 0.15) is 18.1 Å². The average molecular weight is 343 g/mol. The van der Waals surface area contributed by atoms with E-state index in [-0.39, 0.29) is 12.4 Å². The highest BCUT2D eigenvalue weighted by Crippen LogP contribution is 2.18. The normalized spacial score (nSPS) is 12.5. The Morgan fingerprint density at radius 1 is 1.16 bits per heavy atom. The number of aliphatic hydroxyl groups excluding tert-OH is 1. The Balaban J connectivity index is 1.75. The Morgan fingerprint density at radius 2 is 1.84 bits per heavy atom. The average Bonchev–Trinajstić information content (AvgIpc) is 2.91. The predicted molar refractivity (Wildman–Crippen MR) is 95.2 cm³/mol. The molecule has 0 radical (unpaired) electrons. The van der Waals surface area contributed by atoms with Crippen molar-refractivity contribution in [1.82, 2.24) is 4.57 Å². The molecule has 3 rings (SSSR count). The molecule has 0 aliphatic carbocycles. The van der Waals surface area contributed by atoms with Crippen molar-refractivity contribution >= 4 is 11.0 Å². The first-order chi connectivity index (χ1) is 12.0. The number of fused-ring (bicyclic) bond motifs is 1. The second-order valence-corrected chi connectivity index (χ2v) is 6.40. The van der Waals surface area contributed by atoms with Crippen LogP contribution in [0.15, 0.2) is 42.7 Å². The van der Waals surface area contributed by atoms with Gasteiger partial charge in [-0.05, 0) is 68.3 Å². The van der Waals surface area contributed by atoms with Crippen LogP contribution in [0.2, 0.25) is 0 Å². The Hall–Kier alpha value is -2.40. The summed E-state index contributed by atoms with van der Waals surface area (Å²) >= 11 is 0. The third-order valence-electron chi connectivity index (χ3n) is 4.49. The molecule has 0 aliphatic heterocycles. The summed E-state index contributed by atoms with van der Waals surface area (Å²) in [4.78, 5) is 0. The van der Waals surface area contributed by atoms with Gasteiger partial charge in [0, 0.05) is 0 Å². The summed E-state index contributed by atoms with van der Waals surface area (Å²) in [6, 6.07) is 10.2. The van der Waals surface area contributed by atoms with Crippen molar-refractivity contribution in [2.75, 3.05) is 6.61 Å². The topological polar surface area (TPSA) is 38.3 Å². The van der Waals surface area contributed by atoms with Gasteiger partial charge < -0.3 is 9.84 Å². The van der Waals surface area contributed by atoms with Crippen molar-refractivity contribution in [2.45, 2.75) is 40.0 Å². The van der Waals surface area contributed by atoms with Crippen LogP contribution in [0, 0.1) is 19.7 Å². The molecule has 0 spiro atoms. The predicted octanol–water partition coefficient (Wildman–Crippen LogP) is 3.14. The van der Waals surface area contributed by atoms with Crippen molar-refractivity contribution < 1.29 is 18.8 Å². The molecule has 2 aromatic carbocycles. The molecule has 5 heteroatoms. The number of aliphatic hydroxyl groups is 1. The number of hydrogen-bond donors (Lipinski definition) is 1. The minimum atomic E-state index is -0.660. The molecule has 0 saturated heterocycles. The Labute approximate surface area is 147 Å². The van der Waals surface area contributed by atoms with Crippen LogP contribution in [0.25, 0.3) is 11.0 Å². The van der Waals surface area contributed by atoms with Crippen LogP contribution < -0.4 is 9.30 Å². The van der Waals surface area contributed by atoms with Crippen molar-refractivity contribution in [2.24, 2.45) is 0 Å². The monoisotopic (exact) mass is 343 g/mol. The first-order valence-corrected chi connectivity index (χ1v) is 8.54. The first-order valence-electron chi connectivity index (χ1n) is 8.54. The van der Waals surface area contributed by atoms with Gasteiger partial charge in [-0.15, -0.1) is 0 Å². The van der Waals surface area contributed by atoms with Gasteiger partial charge in [-0.3, -0.25) is 0 Å². The lowest BCUT2D eigenvalue weighted by atomic mass is 10.1. The fraction of sp³-hybridized carbons (Fsp3) is 0.350. The molecule has 1 heterocycles. The van der Waals surface area contributed by atoms with E-state index in [0.717, 1.165) is 17.6 Å². The number of imidazole rings is 1. The fourth-order valence-electron chi connectivity index (χ4n) is 2.94. The van der Waals surface area contributed by atoms with Gasteiger partial charge in [-0.1, -0.05) is 0 Å². The van der Waals surface area contributed by atoms with Gasteiger partial charge in [0.25, 0.3) is 0 Å². The molecule has 0 amide bonds. The lowest BCUT2D eigenvalue weighted by Gasteiger charge is -2.11. The molecule has 4 nitrogen and oxygen atoms in total. The van der Waals surface area contributed by atoms with E-state index in [2.05, 4.69) is 42.0 Å². The fourth-order valence-corrected chi connectivity index (χ4v) is 2.94. The molecule has 0 saturated carbocycles. The molecule has 132 valence electrons.